The van der Waals surface area contributed by atoms with Crippen molar-refractivity contribution in [1.29, 1.82) is 0 Å². The Labute approximate surface area is 234 Å². The predicted octanol–water partition coefficient (Wildman–Crippen LogP) is 6.81. The van der Waals surface area contributed by atoms with Crippen molar-refractivity contribution in [3.05, 3.63) is 65.2 Å². The lowest BCUT2D eigenvalue weighted by Crippen LogP contribution is -2.55. The number of para-hydroxylation sites is 1. The van der Waals surface area contributed by atoms with E-state index in [0.29, 0.717) is 25.1 Å². The topological polar surface area (TPSA) is 87.7 Å². The maximum absolute atomic E-state index is 14.3. The number of alkyl carbamates (subject to hydrolysis) is 1. The molecule has 7 nitrogen and oxygen atoms in total. The highest BCUT2D eigenvalue weighted by atomic mass is 16.6. The van der Waals surface area contributed by atoms with Crippen LogP contribution in [-0.4, -0.2) is 41.0 Å². The van der Waals surface area contributed by atoms with E-state index in [1.54, 1.807) is 25.7 Å². The average molecular weight is 538 g/mol. The minimum atomic E-state index is -0.874. The van der Waals surface area contributed by atoms with Gasteiger partial charge in [0, 0.05) is 12.2 Å². The molecule has 3 amide bonds. The van der Waals surface area contributed by atoms with Gasteiger partial charge in [-0.3, -0.25) is 9.59 Å². The first-order valence-corrected chi connectivity index (χ1v) is 14.2. The summed E-state index contributed by atoms with van der Waals surface area (Å²) in [7, 11) is 0. The molecule has 2 rings (SSSR count). The summed E-state index contributed by atoms with van der Waals surface area (Å²) in [6, 6.07) is 13.7. The maximum atomic E-state index is 14.3. The molecule has 0 aliphatic carbocycles. The Morgan fingerprint density at radius 3 is 2.15 bits per heavy atom. The smallest absolute Gasteiger partial charge is 0.408 e. The van der Waals surface area contributed by atoms with E-state index in [0.717, 1.165) is 29.5 Å². The summed E-state index contributed by atoms with van der Waals surface area (Å²) in [6.07, 6.45) is 2.45. The molecule has 2 aromatic carbocycles. The number of anilines is 1. The second-order valence-electron chi connectivity index (χ2n) is 11.2. The molecule has 0 aliphatic rings. The van der Waals surface area contributed by atoms with Gasteiger partial charge in [0.25, 0.3) is 5.91 Å². The zero-order valence-corrected chi connectivity index (χ0v) is 25.0. The zero-order chi connectivity index (χ0) is 29.2. The summed E-state index contributed by atoms with van der Waals surface area (Å²) in [5.41, 5.74) is 2.80. The van der Waals surface area contributed by atoms with Crippen LogP contribution in [0, 0.1) is 12.8 Å². The highest BCUT2D eigenvalue weighted by Gasteiger charge is 2.38. The monoisotopic (exact) mass is 537 g/mol. The minimum absolute atomic E-state index is 0.170. The molecule has 3 atom stereocenters. The number of carbonyl (C=O) groups excluding carboxylic acids is 3. The molecule has 0 aromatic heterocycles. The van der Waals surface area contributed by atoms with Crippen LogP contribution >= 0.6 is 0 Å². The molecule has 0 fully saturated rings. The summed E-state index contributed by atoms with van der Waals surface area (Å²) in [6.45, 7) is 15.7. The van der Waals surface area contributed by atoms with Gasteiger partial charge in [0.1, 0.15) is 17.7 Å². The van der Waals surface area contributed by atoms with Crippen molar-refractivity contribution in [1.82, 2.24) is 10.2 Å². The van der Waals surface area contributed by atoms with Crippen molar-refractivity contribution in [2.45, 2.75) is 98.8 Å². The summed E-state index contributed by atoms with van der Waals surface area (Å²) in [5, 5.41) is 5.88. The van der Waals surface area contributed by atoms with Gasteiger partial charge >= 0.3 is 6.09 Å². The van der Waals surface area contributed by atoms with Crippen LogP contribution in [0.3, 0.4) is 0 Å². The van der Waals surface area contributed by atoms with E-state index in [2.05, 4.69) is 17.6 Å². The number of unbranched alkanes of at least 4 members (excludes halogenated alkanes) is 1. The summed E-state index contributed by atoms with van der Waals surface area (Å²) in [5.74, 6) is -0.761. The summed E-state index contributed by atoms with van der Waals surface area (Å²) in [4.78, 5) is 42.7. The van der Waals surface area contributed by atoms with E-state index in [9.17, 15) is 14.4 Å². The van der Waals surface area contributed by atoms with E-state index in [-0.39, 0.29) is 17.7 Å². The molecule has 0 saturated heterocycles. The van der Waals surface area contributed by atoms with Crippen molar-refractivity contribution in [3.63, 3.8) is 0 Å². The van der Waals surface area contributed by atoms with Gasteiger partial charge in [-0.15, -0.1) is 0 Å². The third-order valence-electron chi connectivity index (χ3n) is 6.85. The highest BCUT2D eigenvalue weighted by molar-refractivity contribution is 5.99. The fraction of sp³-hybridized carbons (Fsp3) is 0.531. The molecule has 0 radical (unpaired) electrons. The molecular weight excluding hydrogens is 490 g/mol. The van der Waals surface area contributed by atoms with Crippen molar-refractivity contribution >= 4 is 23.6 Å². The van der Waals surface area contributed by atoms with Crippen LogP contribution < -0.4 is 10.6 Å². The Morgan fingerprint density at radius 1 is 0.974 bits per heavy atom. The van der Waals surface area contributed by atoms with Gasteiger partial charge in [0.15, 0.2) is 0 Å². The molecule has 0 bridgehead atoms. The zero-order valence-electron chi connectivity index (χ0n) is 25.0. The molecular formula is C32H47N3O4. The van der Waals surface area contributed by atoms with Crippen LogP contribution in [0.2, 0.25) is 0 Å². The van der Waals surface area contributed by atoms with Crippen LogP contribution in [0.1, 0.15) is 90.5 Å². The third kappa shape index (κ3) is 9.41. The molecule has 0 heterocycles. The number of nitrogens with zero attached hydrogens (tertiary/aromatic N) is 1. The molecule has 0 spiro atoms. The van der Waals surface area contributed by atoms with Gasteiger partial charge in [-0.2, -0.15) is 0 Å². The van der Waals surface area contributed by atoms with Gasteiger partial charge in [-0.25, -0.2) is 4.79 Å². The van der Waals surface area contributed by atoms with Gasteiger partial charge < -0.3 is 20.3 Å². The lowest BCUT2D eigenvalue weighted by molar-refractivity contribution is -0.142. The molecule has 2 N–H and O–H groups in total. The first-order chi connectivity index (χ1) is 18.4. The van der Waals surface area contributed by atoms with Crippen molar-refractivity contribution in [3.8, 4) is 0 Å². The van der Waals surface area contributed by atoms with E-state index >= 15 is 0 Å². The Morgan fingerprint density at radius 2 is 1.62 bits per heavy atom. The molecule has 2 aromatic rings. The largest absolute Gasteiger partial charge is 0.444 e. The molecule has 214 valence electrons. The number of nitrogens with one attached hydrogen (secondary N) is 2. The number of hydrogen-bond acceptors (Lipinski definition) is 4. The Bertz CT molecular complexity index is 1090. The first kappa shape index (κ1) is 31.9. The molecule has 0 aliphatic heterocycles. The van der Waals surface area contributed by atoms with Crippen LogP contribution in [0.15, 0.2) is 48.5 Å². The number of rotatable bonds is 12. The van der Waals surface area contributed by atoms with E-state index in [1.165, 1.54) is 0 Å². The van der Waals surface area contributed by atoms with Crippen LogP contribution in [-0.2, 0) is 20.7 Å². The van der Waals surface area contributed by atoms with Crippen LogP contribution in [0.5, 0.6) is 0 Å². The Balaban J connectivity index is 2.56. The Hall–Kier alpha value is -3.35. The quantitative estimate of drug-likeness (QED) is 0.311. The number of carbonyl (C=O) groups is 3. The second-order valence-corrected chi connectivity index (χ2v) is 11.2. The molecule has 3 unspecified atom stereocenters. The van der Waals surface area contributed by atoms with Crippen LogP contribution in [0.25, 0.3) is 0 Å². The molecule has 39 heavy (non-hydrogen) atoms. The average Bonchev–Trinajstić information content (AvgIpc) is 2.89. The molecule has 7 heteroatoms. The third-order valence-corrected chi connectivity index (χ3v) is 6.85. The number of benzene rings is 2. The predicted molar refractivity (Wildman–Crippen MR) is 158 cm³/mol. The number of amides is 3. The maximum Gasteiger partial charge on any atom is 0.408 e. The van der Waals surface area contributed by atoms with Crippen LogP contribution in [0.4, 0.5) is 10.5 Å². The standard InChI is InChI=1S/C32H47N3O4/c1-9-12-21-35(30(37)27(22(4)10-2)34-31(38)39-32(6,7)8)28(25-19-17-24(11-3)18-20-25)29(36)33-26-16-14-13-15-23(26)5/h13-20,22,27-28H,9-12,21H2,1-8H3,(H,33,36)(H,34,38). The van der Waals surface area contributed by atoms with E-state index in [1.807, 2.05) is 76.2 Å². The normalized spacial score (nSPS) is 13.6. The number of ether oxygens (including phenoxy) is 1. The highest BCUT2D eigenvalue weighted by Crippen LogP contribution is 2.28. The van der Waals surface area contributed by atoms with Crippen molar-refractivity contribution in [2.75, 3.05) is 11.9 Å². The van der Waals surface area contributed by atoms with Crippen molar-refractivity contribution in [2.24, 2.45) is 5.92 Å². The summed E-state index contributed by atoms with van der Waals surface area (Å²) >= 11 is 0. The van der Waals surface area contributed by atoms with Gasteiger partial charge in [-0.05, 0) is 69.2 Å². The first-order valence-electron chi connectivity index (χ1n) is 14.2. The fourth-order valence-electron chi connectivity index (χ4n) is 4.31. The molecule has 0 saturated carbocycles. The van der Waals surface area contributed by atoms with Gasteiger partial charge in [0.2, 0.25) is 5.91 Å². The number of aryl methyl sites for hydroxylation is 2. The minimum Gasteiger partial charge on any atom is -0.444 e. The lowest BCUT2D eigenvalue weighted by atomic mass is 9.95. The van der Waals surface area contributed by atoms with E-state index in [4.69, 9.17) is 4.74 Å². The SMILES string of the molecule is CCCCN(C(=O)C(NC(=O)OC(C)(C)C)C(C)CC)C(C(=O)Nc1ccccc1C)c1ccc(CC)cc1. The van der Waals surface area contributed by atoms with E-state index < -0.39 is 23.8 Å². The summed E-state index contributed by atoms with van der Waals surface area (Å²) < 4.78 is 5.48. The van der Waals surface area contributed by atoms with Gasteiger partial charge in [0.05, 0.1) is 0 Å². The Kier molecular flexibility index (Phi) is 12.0. The fourth-order valence-corrected chi connectivity index (χ4v) is 4.31. The lowest BCUT2D eigenvalue weighted by Gasteiger charge is -2.36. The number of hydrogen-bond donors (Lipinski definition) is 2. The second kappa shape index (κ2) is 14.7. The van der Waals surface area contributed by atoms with Crippen molar-refractivity contribution < 1.29 is 19.1 Å². The van der Waals surface area contributed by atoms with Gasteiger partial charge in [-0.1, -0.05) is 83.0 Å².